The molecule has 2 N–H and O–H groups in total. The van der Waals surface area contributed by atoms with E-state index in [9.17, 15) is 9.59 Å². The Balaban J connectivity index is 1.89. The topological polar surface area (TPSA) is 83.5 Å². The lowest BCUT2D eigenvalue weighted by molar-refractivity contribution is -0.116. The van der Waals surface area contributed by atoms with E-state index in [0.717, 1.165) is 0 Å². The number of carbonyl (C=O) groups is 2. The molecule has 1 heterocycles. The molecule has 0 aliphatic rings. The van der Waals surface area contributed by atoms with Crippen LogP contribution in [0.1, 0.15) is 36.3 Å². The summed E-state index contributed by atoms with van der Waals surface area (Å²) in [6.45, 7) is 3.97. The third kappa shape index (κ3) is 5.64. The third-order valence-electron chi connectivity index (χ3n) is 3.08. The molecule has 6 nitrogen and oxygen atoms in total. The highest BCUT2D eigenvalue weighted by Crippen LogP contribution is 2.11. The zero-order valence-corrected chi connectivity index (χ0v) is 13.7. The van der Waals surface area contributed by atoms with Gasteiger partial charge >= 0.3 is 0 Å². The number of hydrazone groups is 1. The summed E-state index contributed by atoms with van der Waals surface area (Å²) in [4.78, 5) is 27.8. The fraction of sp³-hybridized carbons (Fsp3) is 0.222. The molecule has 2 amide bonds. The lowest BCUT2D eigenvalue weighted by atomic mass is 10.1. The quantitative estimate of drug-likeness (QED) is 0.633. The third-order valence-corrected chi connectivity index (χ3v) is 3.08. The molecule has 24 heavy (non-hydrogen) atoms. The molecule has 0 unspecified atom stereocenters. The number of nitrogens with zero attached hydrogens (tertiary/aromatic N) is 2. The first-order valence-corrected chi connectivity index (χ1v) is 7.69. The van der Waals surface area contributed by atoms with Gasteiger partial charge in [-0.1, -0.05) is 19.9 Å². The second-order valence-corrected chi connectivity index (χ2v) is 5.68. The molecule has 0 atom stereocenters. The predicted octanol–water partition coefficient (Wildman–Crippen LogP) is 2.83. The molecule has 6 heteroatoms. The number of benzene rings is 1. The molecule has 0 saturated carbocycles. The summed E-state index contributed by atoms with van der Waals surface area (Å²) in [5.74, 6) is -0.0728. The predicted molar refractivity (Wildman–Crippen MR) is 93.8 cm³/mol. The number of hydrogen-bond donors (Lipinski definition) is 2. The highest BCUT2D eigenvalue weighted by Gasteiger charge is 2.07. The van der Waals surface area contributed by atoms with Crippen LogP contribution in [0.5, 0.6) is 0 Å². The van der Waals surface area contributed by atoms with Gasteiger partial charge in [-0.25, -0.2) is 5.43 Å². The molecule has 0 aliphatic carbocycles. The first-order valence-electron chi connectivity index (χ1n) is 7.69. The van der Waals surface area contributed by atoms with E-state index in [0.29, 0.717) is 29.3 Å². The first kappa shape index (κ1) is 17.3. The van der Waals surface area contributed by atoms with Crippen LogP contribution in [0.25, 0.3) is 0 Å². The zero-order valence-electron chi connectivity index (χ0n) is 13.7. The maximum Gasteiger partial charge on any atom is 0.271 e. The van der Waals surface area contributed by atoms with Gasteiger partial charge in [0.1, 0.15) is 0 Å². The Bertz CT molecular complexity index is 710. The smallest absolute Gasteiger partial charge is 0.271 e. The van der Waals surface area contributed by atoms with Crippen LogP contribution in [0.2, 0.25) is 0 Å². The second-order valence-electron chi connectivity index (χ2n) is 5.68. The van der Waals surface area contributed by atoms with Crippen LogP contribution in [0, 0.1) is 5.92 Å². The van der Waals surface area contributed by atoms with E-state index in [1.165, 1.54) is 6.21 Å². The van der Waals surface area contributed by atoms with Gasteiger partial charge in [0, 0.05) is 23.9 Å². The number of rotatable bonds is 6. The maximum absolute atomic E-state index is 12.0. The van der Waals surface area contributed by atoms with Crippen molar-refractivity contribution in [3.05, 3.63) is 59.9 Å². The molecule has 2 rings (SSSR count). The fourth-order valence-corrected chi connectivity index (χ4v) is 1.96. The number of aromatic nitrogens is 1. The number of carbonyl (C=O) groups excluding carboxylic acids is 2. The SMILES string of the molecule is CC(C)CC(=O)Nc1ccc(C(=O)N/N=C\c2ccccn2)cc1. The monoisotopic (exact) mass is 324 g/mol. The Kier molecular flexibility index (Phi) is 6.19. The fourth-order valence-electron chi connectivity index (χ4n) is 1.96. The minimum absolute atomic E-state index is 0.0397. The standard InChI is InChI=1S/C18H20N4O2/c1-13(2)11-17(23)21-15-8-6-14(7-9-15)18(24)22-20-12-16-5-3-4-10-19-16/h3-10,12-13H,11H2,1-2H3,(H,21,23)(H,22,24)/b20-12-. The molecule has 0 spiro atoms. The molecular weight excluding hydrogens is 304 g/mol. The van der Waals surface area contributed by atoms with E-state index >= 15 is 0 Å². The van der Waals surface area contributed by atoms with Crippen molar-refractivity contribution >= 4 is 23.7 Å². The van der Waals surface area contributed by atoms with Crippen molar-refractivity contribution in [2.45, 2.75) is 20.3 Å². The van der Waals surface area contributed by atoms with E-state index in [1.54, 1.807) is 42.6 Å². The van der Waals surface area contributed by atoms with Gasteiger partial charge in [-0.3, -0.25) is 14.6 Å². The summed E-state index contributed by atoms with van der Waals surface area (Å²) in [6.07, 6.45) is 3.58. The highest BCUT2D eigenvalue weighted by atomic mass is 16.2. The highest BCUT2D eigenvalue weighted by molar-refractivity contribution is 5.96. The number of hydrogen-bond acceptors (Lipinski definition) is 4. The van der Waals surface area contributed by atoms with Crippen molar-refractivity contribution in [2.24, 2.45) is 11.0 Å². The molecule has 0 aliphatic heterocycles. The van der Waals surface area contributed by atoms with Gasteiger partial charge in [-0.2, -0.15) is 5.10 Å². The van der Waals surface area contributed by atoms with Crippen molar-refractivity contribution in [1.29, 1.82) is 0 Å². The van der Waals surface area contributed by atoms with Gasteiger partial charge in [0.25, 0.3) is 5.91 Å². The van der Waals surface area contributed by atoms with Gasteiger partial charge < -0.3 is 5.32 Å². The van der Waals surface area contributed by atoms with Crippen LogP contribution in [0.4, 0.5) is 5.69 Å². The van der Waals surface area contributed by atoms with Gasteiger partial charge in [0.2, 0.25) is 5.91 Å². The number of nitrogens with one attached hydrogen (secondary N) is 2. The Morgan fingerprint density at radius 3 is 2.54 bits per heavy atom. The average Bonchev–Trinajstić information content (AvgIpc) is 2.55. The second kappa shape index (κ2) is 8.57. The van der Waals surface area contributed by atoms with Crippen LogP contribution in [-0.2, 0) is 4.79 Å². The number of pyridine rings is 1. The Morgan fingerprint density at radius 2 is 1.92 bits per heavy atom. The van der Waals surface area contributed by atoms with Crippen LogP contribution >= 0.6 is 0 Å². The van der Waals surface area contributed by atoms with E-state index in [4.69, 9.17) is 0 Å². The minimum atomic E-state index is -0.331. The normalized spacial score (nSPS) is 10.8. The Hall–Kier alpha value is -3.02. The van der Waals surface area contributed by atoms with Gasteiger partial charge in [-0.05, 0) is 42.3 Å². The number of anilines is 1. The lowest BCUT2D eigenvalue weighted by Gasteiger charge is -2.07. The molecule has 0 radical (unpaired) electrons. The van der Waals surface area contributed by atoms with E-state index in [-0.39, 0.29) is 11.8 Å². The molecule has 1 aromatic heterocycles. The molecule has 0 saturated heterocycles. The molecule has 0 fully saturated rings. The molecular formula is C18H20N4O2. The van der Waals surface area contributed by atoms with Crippen molar-refractivity contribution in [2.75, 3.05) is 5.32 Å². The minimum Gasteiger partial charge on any atom is -0.326 e. The molecule has 1 aromatic carbocycles. The summed E-state index contributed by atoms with van der Waals surface area (Å²) < 4.78 is 0. The summed E-state index contributed by atoms with van der Waals surface area (Å²) >= 11 is 0. The molecule has 0 bridgehead atoms. The van der Waals surface area contributed by atoms with Crippen LogP contribution in [-0.4, -0.2) is 23.0 Å². The molecule has 2 aromatic rings. The van der Waals surface area contributed by atoms with Gasteiger partial charge in [0.05, 0.1) is 11.9 Å². The van der Waals surface area contributed by atoms with E-state index in [2.05, 4.69) is 20.8 Å². The summed E-state index contributed by atoms with van der Waals surface area (Å²) in [6, 6.07) is 12.1. The van der Waals surface area contributed by atoms with Crippen molar-refractivity contribution in [3.8, 4) is 0 Å². The maximum atomic E-state index is 12.0. The zero-order chi connectivity index (χ0) is 17.4. The summed E-state index contributed by atoms with van der Waals surface area (Å²) in [5.41, 5.74) is 4.21. The largest absolute Gasteiger partial charge is 0.326 e. The first-order chi connectivity index (χ1) is 11.5. The van der Waals surface area contributed by atoms with Crippen molar-refractivity contribution in [1.82, 2.24) is 10.4 Å². The van der Waals surface area contributed by atoms with Crippen LogP contribution in [0.15, 0.2) is 53.8 Å². The summed E-state index contributed by atoms with van der Waals surface area (Å²) in [7, 11) is 0. The number of amides is 2. The average molecular weight is 324 g/mol. The van der Waals surface area contributed by atoms with Crippen molar-refractivity contribution < 1.29 is 9.59 Å². The van der Waals surface area contributed by atoms with Crippen LogP contribution in [0.3, 0.4) is 0 Å². The van der Waals surface area contributed by atoms with Gasteiger partial charge in [-0.15, -0.1) is 0 Å². The van der Waals surface area contributed by atoms with E-state index in [1.807, 2.05) is 19.9 Å². The Labute approximate surface area is 141 Å². The van der Waals surface area contributed by atoms with Crippen molar-refractivity contribution in [3.63, 3.8) is 0 Å². The summed E-state index contributed by atoms with van der Waals surface area (Å²) in [5, 5.41) is 6.66. The Morgan fingerprint density at radius 1 is 1.17 bits per heavy atom. The molecule has 124 valence electrons. The van der Waals surface area contributed by atoms with E-state index < -0.39 is 0 Å². The lowest BCUT2D eigenvalue weighted by Crippen LogP contribution is -2.18. The van der Waals surface area contributed by atoms with Crippen LogP contribution < -0.4 is 10.7 Å². The van der Waals surface area contributed by atoms with Gasteiger partial charge in [0.15, 0.2) is 0 Å².